The summed E-state index contributed by atoms with van der Waals surface area (Å²) in [5, 5.41) is 4.69. The maximum atomic E-state index is 6.59. The fourth-order valence-electron chi connectivity index (χ4n) is 7.47. The van der Waals surface area contributed by atoms with Gasteiger partial charge in [-0.2, -0.15) is 5.10 Å². The molecule has 5 rings (SSSR count). The lowest BCUT2D eigenvalue weighted by atomic mass is 9.39. The monoisotopic (exact) mass is 471 g/mol. The molecule has 0 amide bonds. The summed E-state index contributed by atoms with van der Waals surface area (Å²) in [5.74, 6) is 0. The van der Waals surface area contributed by atoms with Gasteiger partial charge in [0, 0.05) is 18.8 Å². The molecule has 0 spiro atoms. The van der Waals surface area contributed by atoms with Crippen LogP contribution in [0.4, 0.5) is 0 Å². The predicted octanol–water partition coefficient (Wildman–Crippen LogP) is 4.78. The second-order valence-electron chi connectivity index (χ2n) is 10.1. The molecule has 4 fully saturated rings. The van der Waals surface area contributed by atoms with Crippen molar-refractivity contribution in [3.63, 3.8) is 0 Å². The van der Waals surface area contributed by atoms with Crippen LogP contribution in [-0.4, -0.2) is 35.2 Å². The van der Waals surface area contributed by atoms with Crippen molar-refractivity contribution in [1.29, 1.82) is 0 Å². The molecule has 4 aliphatic rings. The van der Waals surface area contributed by atoms with Gasteiger partial charge in [0.05, 0.1) is 28.6 Å². The van der Waals surface area contributed by atoms with Gasteiger partial charge in [-0.05, 0) is 91.2 Å². The zero-order chi connectivity index (χ0) is 18.6. The van der Waals surface area contributed by atoms with Gasteiger partial charge < -0.3 is 9.47 Å². The Balaban J connectivity index is 1.60. The molecule has 1 heterocycles. The number of rotatable bonds is 7. The highest BCUT2D eigenvalue weighted by Gasteiger charge is 2.66. The molecule has 4 nitrogen and oxygen atoms in total. The number of hydrogen-bond donors (Lipinski definition) is 0. The van der Waals surface area contributed by atoms with Crippen LogP contribution in [0.15, 0.2) is 6.20 Å². The zero-order valence-electron chi connectivity index (χ0n) is 16.4. The van der Waals surface area contributed by atoms with Crippen LogP contribution in [0, 0.1) is 33.7 Å². The van der Waals surface area contributed by atoms with Crippen molar-refractivity contribution in [2.75, 3.05) is 19.8 Å². The Labute approximate surface area is 171 Å². The van der Waals surface area contributed by atoms with E-state index in [0.29, 0.717) is 36.1 Å². The lowest BCUT2D eigenvalue weighted by Gasteiger charge is -2.69. The summed E-state index contributed by atoms with van der Waals surface area (Å²) < 4.78 is 15.5. The Morgan fingerprint density at radius 3 is 2.38 bits per heavy atom. The van der Waals surface area contributed by atoms with Crippen LogP contribution in [0.5, 0.6) is 0 Å². The second-order valence-corrected chi connectivity index (χ2v) is 11.2. The molecule has 1 aromatic heterocycles. The summed E-state index contributed by atoms with van der Waals surface area (Å²) in [6, 6.07) is 0. The quantitative estimate of drug-likeness (QED) is 0.424. The average Bonchev–Trinajstić information content (AvgIpc) is 2.80. The normalized spacial score (nSPS) is 41.1. The first-order valence-corrected chi connectivity index (χ1v) is 11.0. The Morgan fingerprint density at radius 1 is 1.12 bits per heavy atom. The summed E-state index contributed by atoms with van der Waals surface area (Å²) in [5.41, 5.74) is 2.42. The molecule has 0 saturated heterocycles. The molecule has 5 heteroatoms. The molecule has 4 aliphatic carbocycles. The first kappa shape index (κ1) is 19.2. The third kappa shape index (κ3) is 3.37. The molecule has 0 N–H and O–H groups in total. The van der Waals surface area contributed by atoms with Crippen LogP contribution in [-0.2, 0) is 16.0 Å². The van der Waals surface area contributed by atoms with E-state index in [2.05, 4.69) is 60.1 Å². The van der Waals surface area contributed by atoms with E-state index in [1.165, 1.54) is 47.8 Å². The summed E-state index contributed by atoms with van der Waals surface area (Å²) >= 11 is 2.39. The summed E-state index contributed by atoms with van der Waals surface area (Å²) in [6.07, 6.45) is 9.55. The number of halogens is 1. The SMILES string of the molecule is [CH2]COCCOC12CC3(C)CC(C)(CC(Cn4ncc(I)c4C)(C3)C1)C2. The molecule has 4 bridgehead atoms. The van der Waals surface area contributed by atoms with Gasteiger partial charge in [0.1, 0.15) is 0 Å². The summed E-state index contributed by atoms with van der Waals surface area (Å²) in [7, 11) is 0. The van der Waals surface area contributed by atoms with Crippen molar-refractivity contribution in [3.8, 4) is 0 Å². The van der Waals surface area contributed by atoms with E-state index in [4.69, 9.17) is 9.47 Å². The van der Waals surface area contributed by atoms with Gasteiger partial charge in [0.15, 0.2) is 0 Å². The Bertz CT molecular complexity index is 668. The first-order valence-electron chi connectivity index (χ1n) is 9.89. The molecule has 145 valence electrons. The predicted molar refractivity (Wildman–Crippen MR) is 111 cm³/mol. The molecule has 2 unspecified atom stereocenters. The molecule has 0 aliphatic heterocycles. The van der Waals surface area contributed by atoms with Crippen LogP contribution in [0.1, 0.15) is 58.1 Å². The minimum Gasteiger partial charge on any atom is -0.379 e. The smallest absolute Gasteiger partial charge is 0.0708 e. The van der Waals surface area contributed by atoms with Gasteiger partial charge in [0.2, 0.25) is 0 Å². The lowest BCUT2D eigenvalue weighted by molar-refractivity contribution is -0.250. The fraction of sp³-hybridized carbons (Fsp3) is 0.810. The third-order valence-electron chi connectivity index (χ3n) is 6.96. The van der Waals surface area contributed by atoms with E-state index in [1.54, 1.807) is 0 Å². The summed E-state index contributed by atoms with van der Waals surface area (Å²) in [6.45, 7) is 13.9. The number of hydrogen-bond acceptors (Lipinski definition) is 3. The van der Waals surface area contributed by atoms with E-state index in [9.17, 15) is 0 Å². The van der Waals surface area contributed by atoms with Crippen LogP contribution in [0.3, 0.4) is 0 Å². The van der Waals surface area contributed by atoms with E-state index < -0.39 is 0 Å². The van der Waals surface area contributed by atoms with Crippen LogP contribution >= 0.6 is 22.6 Å². The van der Waals surface area contributed by atoms with E-state index >= 15 is 0 Å². The third-order valence-corrected chi connectivity index (χ3v) is 8.02. The van der Waals surface area contributed by atoms with Crippen molar-refractivity contribution >= 4 is 22.6 Å². The van der Waals surface area contributed by atoms with E-state index in [-0.39, 0.29) is 5.60 Å². The van der Waals surface area contributed by atoms with Gasteiger partial charge in [-0.1, -0.05) is 13.8 Å². The molecule has 26 heavy (non-hydrogen) atoms. The van der Waals surface area contributed by atoms with E-state index in [0.717, 1.165) is 6.54 Å². The number of ether oxygens (including phenoxy) is 2. The van der Waals surface area contributed by atoms with Crippen molar-refractivity contribution < 1.29 is 9.47 Å². The highest BCUT2D eigenvalue weighted by molar-refractivity contribution is 14.1. The highest BCUT2D eigenvalue weighted by Crippen LogP contribution is 2.72. The van der Waals surface area contributed by atoms with Gasteiger partial charge in [-0.3, -0.25) is 4.68 Å². The standard InChI is InChI=1S/C21H32IN2O2/c1-5-25-6-7-26-21-12-18(3)9-19(4,13-21)11-20(10-18,14-21)15-24-16(2)17(22)8-23-24/h8H,1,5-7,9-15H2,2-4H3. The minimum absolute atomic E-state index is 0.0248. The summed E-state index contributed by atoms with van der Waals surface area (Å²) in [4.78, 5) is 0. The molecule has 1 radical (unpaired) electrons. The Kier molecular flexibility index (Phi) is 4.76. The van der Waals surface area contributed by atoms with Crippen LogP contribution in [0.25, 0.3) is 0 Å². The van der Waals surface area contributed by atoms with Gasteiger partial charge >= 0.3 is 0 Å². The van der Waals surface area contributed by atoms with Gasteiger partial charge in [-0.15, -0.1) is 0 Å². The Morgan fingerprint density at radius 2 is 1.81 bits per heavy atom. The van der Waals surface area contributed by atoms with Crippen molar-refractivity contribution in [3.05, 3.63) is 22.4 Å². The van der Waals surface area contributed by atoms with Crippen LogP contribution < -0.4 is 0 Å². The molecule has 0 aromatic carbocycles. The molecule has 2 atom stereocenters. The van der Waals surface area contributed by atoms with E-state index in [1.807, 2.05) is 6.20 Å². The average molecular weight is 471 g/mol. The first-order chi connectivity index (χ1) is 12.2. The highest BCUT2D eigenvalue weighted by atomic mass is 127. The van der Waals surface area contributed by atoms with Gasteiger partial charge in [-0.25, -0.2) is 0 Å². The van der Waals surface area contributed by atoms with Crippen molar-refractivity contribution in [2.24, 2.45) is 16.2 Å². The zero-order valence-corrected chi connectivity index (χ0v) is 18.6. The number of nitrogens with zero attached hydrogens (tertiary/aromatic N) is 2. The topological polar surface area (TPSA) is 36.3 Å². The van der Waals surface area contributed by atoms with Crippen molar-refractivity contribution in [1.82, 2.24) is 9.78 Å². The van der Waals surface area contributed by atoms with Crippen LogP contribution in [0.2, 0.25) is 0 Å². The molecular weight excluding hydrogens is 439 g/mol. The van der Waals surface area contributed by atoms with Gasteiger partial charge in [0.25, 0.3) is 0 Å². The maximum absolute atomic E-state index is 6.59. The lowest BCUT2D eigenvalue weighted by Crippen LogP contribution is -2.64. The molecular formula is C21H32IN2O2. The second kappa shape index (κ2) is 6.45. The minimum atomic E-state index is 0.0248. The fourth-order valence-corrected chi connectivity index (χ4v) is 7.87. The van der Waals surface area contributed by atoms with Crippen molar-refractivity contribution in [2.45, 2.75) is 71.4 Å². The largest absolute Gasteiger partial charge is 0.379 e. The number of aromatic nitrogens is 2. The Hall–Kier alpha value is -0.140. The molecule has 1 aromatic rings. The maximum Gasteiger partial charge on any atom is 0.0708 e. The molecule has 4 saturated carbocycles.